The topological polar surface area (TPSA) is 38.8 Å². The molecule has 0 aromatic heterocycles. The Morgan fingerprint density at radius 3 is 3.09 bits per heavy atom. The smallest absolute Gasteiger partial charge is 0.189 e. The minimum Gasteiger partial charge on any atom is -0.358 e. The normalized spacial score (nSPS) is 41.5. The van der Waals surface area contributed by atoms with Crippen molar-refractivity contribution in [3.8, 4) is 0 Å². The summed E-state index contributed by atoms with van der Waals surface area (Å²) in [5, 5.41) is 0. The molecule has 4 heteroatoms. The quantitative estimate of drug-likeness (QED) is 0.617. The van der Waals surface area contributed by atoms with Crippen molar-refractivity contribution >= 4 is 22.0 Å². The van der Waals surface area contributed by atoms with Crippen LogP contribution in [0.5, 0.6) is 0 Å². The predicted molar refractivity (Wildman–Crippen MR) is 41.2 cm³/mol. The molecule has 3 atom stereocenters. The molecule has 1 heterocycles. The zero-order valence-electron chi connectivity index (χ0n) is 5.91. The lowest BCUT2D eigenvalue weighted by Crippen LogP contribution is -2.26. The summed E-state index contributed by atoms with van der Waals surface area (Å²) in [7, 11) is 0. The number of fused-ring (bicyclic) bond motifs is 1. The first kappa shape index (κ1) is 7.46. The van der Waals surface area contributed by atoms with Gasteiger partial charge in [0.05, 0.1) is 16.3 Å². The highest BCUT2D eigenvalue weighted by Gasteiger charge is 2.52. The van der Waals surface area contributed by atoms with Crippen molar-refractivity contribution in [2.75, 3.05) is 0 Å². The zero-order chi connectivity index (χ0) is 8.01. The highest BCUT2D eigenvalue weighted by Crippen LogP contribution is 2.35. The molecule has 0 aromatic rings. The van der Waals surface area contributed by atoms with E-state index in [4.69, 9.17) is 8.57 Å². The Labute approximate surface area is 72.8 Å². The van der Waals surface area contributed by atoms with Gasteiger partial charge in [-0.25, -0.2) is 0 Å². The maximum Gasteiger partial charge on any atom is 0.189 e. The minimum absolute atomic E-state index is 0.0504. The number of hydrogen-bond donors (Lipinski definition) is 0. The van der Waals surface area contributed by atoms with Gasteiger partial charge in [0, 0.05) is 0 Å². The molecule has 1 fully saturated rings. The molecule has 0 amide bonds. The van der Waals surface area contributed by atoms with Crippen molar-refractivity contribution in [2.45, 2.75) is 25.2 Å². The van der Waals surface area contributed by atoms with Gasteiger partial charge in [-0.15, -0.1) is 0 Å². The molecule has 2 aliphatic rings. The number of carbonyl (C=O) groups excluding carboxylic acids is 1. The van der Waals surface area contributed by atoms with Crippen molar-refractivity contribution < 1.29 is 13.4 Å². The van der Waals surface area contributed by atoms with Crippen molar-refractivity contribution in [3.63, 3.8) is 0 Å². The third-order valence-corrected chi connectivity index (χ3v) is 2.45. The average molecular weight is 219 g/mol. The van der Waals surface area contributed by atoms with Crippen LogP contribution in [0.4, 0.5) is 0 Å². The van der Waals surface area contributed by atoms with Gasteiger partial charge in [-0.2, -0.15) is 0 Å². The number of ketones is 1. The van der Waals surface area contributed by atoms with Crippen LogP contribution in [0.2, 0.25) is 0 Å². The lowest BCUT2D eigenvalue weighted by Gasteiger charge is -2.10. The molecule has 1 aliphatic carbocycles. The second-order valence-electron chi connectivity index (χ2n) is 2.79. The fourth-order valence-electron chi connectivity index (χ4n) is 1.31. The Hall–Kier alpha value is -0.190. The molecule has 1 aliphatic heterocycles. The van der Waals surface area contributed by atoms with Crippen molar-refractivity contribution in [1.82, 2.24) is 0 Å². The van der Waals surface area contributed by atoms with Gasteiger partial charge in [0.2, 0.25) is 0 Å². The van der Waals surface area contributed by atoms with Crippen LogP contribution < -0.4 is 0 Å². The van der Waals surface area contributed by atoms with E-state index in [9.17, 15) is 4.79 Å². The number of rotatable bonds is 1. The van der Waals surface area contributed by atoms with Crippen LogP contribution in [-0.4, -0.2) is 24.1 Å². The summed E-state index contributed by atoms with van der Waals surface area (Å²) in [6.45, 7) is 1.78. The number of halogens is 1. The Kier molecular flexibility index (Phi) is 1.63. The highest BCUT2D eigenvalue weighted by atomic mass is 79.9. The van der Waals surface area contributed by atoms with Crippen LogP contribution in [0.15, 0.2) is 11.6 Å². The van der Waals surface area contributed by atoms with E-state index in [1.807, 2.05) is 0 Å². The molecule has 0 aromatic carbocycles. The molecule has 2 rings (SSSR count). The molecule has 1 saturated heterocycles. The van der Waals surface area contributed by atoms with Crippen molar-refractivity contribution in [3.05, 3.63) is 11.6 Å². The molecule has 0 spiro atoms. The fourth-order valence-corrected chi connectivity index (χ4v) is 1.63. The standard InChI is InChI=1S/C7H7BrO3/c1-3-2-4(11-8)6-7(10-6)5(3)9/h2,4,6-7H,1H3. The summed E-state index contributed by atoms with van der Waals surface area (Å²) in [6.07, 6.45) is 1.40. The maximum absolute atomic E-state index is 11.2. The van der Waals surface area contributed by atoms with E-state index in [2.05, 4.69) is 16.3 Å². The van der Waals surface area contributed by atoms with Gasteiger partial charge in [0.1, 0.15) is 18.3 Å². The molecule has 3 unspecified atom stereocenters. The average Bonchev–Trinajstić information content (AvgIpc) is 2.76. The first-order valence-electron chi connectivity index (χ1n) is 3.39. The van der Waals surface area contributed by atoms with Crippen LogP contribution in [0.3, 0.4) is 0 Å². The van der Waals surface area contributed by atoms with Crippen LogP contribution in [0, 0.1) is 0 Å². The summed E-state index contributed by atoms with van der Waals surface area (Å²) in [5.41, 5.74) is 0.730. The minimum atomic E-state index is -0.234. The monoisotopic (exact) mass is 218 g/mol. The van der Waals surface area contributed by atoms with Crippen molar-refractivity contribution in [2.24, 2.45) is 0 Å². The highest BCUT2D eigenvalue weighted by molar-refractivity contribution is 9.06. The van der Waals surface area contributed by atoms with Gasteiger partial charge in [0.15, 0.2) is 5.78 Å². The lowest BCUT2D eigenvalue weighted by molar-refractivity contribution is -0.116. The third kappa shape index (κ3) is 1.06. The van der Waals surface area contributed by atoms with Gasteiger partial charge in [-0.1, -0.05) is 0 Å². The number of carbonyl (C=O) groups is 1. The molecular weight excluding hydrogens is 212 g/mol. The first-order valence-corrected chi connectivity index (χ1v) is 4.04. The third-order valence-electron chi connectivity index (χ3n) is 2.01. The number of hydrogen-bond acceptors (Lipinski definition) is 3. The SMILES string of the molecule is CC1=CC(OBr)C2OC2C1=O. The van der Waals surface area contributed by atoms with Crippen LogP contribution in [-0.2, 0) is 13.4 Å². The second kappa shape index (κ2) is 2.40. The second-order valence-corrected chi connectivity index (χ2v) is 3.16. The van der Waals surface area contributed by atoms with Crippen molar-refractivity contribution in [1.29, 1.82) is 0 Å². The first-order chi connectivity index (χ1) is 5.24. The summed E-state index contributed by atoms with van der Waals surface area (Å²) in [5.74, 6) is 0.0933. The van der Waals surface area contributed by atoms with Gasteiger partial charge in [0.25, 0.3) is 0 Å². The molecular formula is C7H7BrO3. The summed E-state index contributed by atoms with van der Waals surface area (Å²) in [6, 6.07) is 0. The predicted octanol–water partition coefficient (Wildman–Crippen LogP) is 0.978. The van der Waals surface area contributed by atoms with Gasteiger partial charge < -0.3 is 4.74 Å². The molecule has 11 heavy (non-hydrogen) atoms. The Balaban J connectivity index is 2.23. The van der Waals surface area contributed by atoms with E-state index in [1.54, 1.807) is 13.0 Å². The van der Waals surface area contributed by atoms with Crippen LogP contribution in [0.25, 0.3) is 0 Å². The van der Waals surface area contributed by atoms with E-state index >= 15 is 0 Å². The molecule has 0 N–H and O–H groups in total. The van der Waals surface area contributed by atoms with Gasteiger partial charge >= 0.3 is 0 Å². The molecule has 60 valence electrons. The summed E-state index contributed by atoms with van der Waals surface area (Å²) in [4.78, 5) is 11.2. The lowest BCUT2D eigenvalue weighted by atomic mass is 9.98. The molecule has 3 nitrogen and oxygen atoms in total. The molecule has 0 radical (unpaired) electrons. The van der Waals surface area contributed by atoms with E-state index in [0.29, 0.717) is 0 Å². The van der Waals surface area contributed by atoms with Crippen LogP contribution in [0.1, 0.15) is 6.92 Å². The maximum atomic E-state index is 11.2. The Bertz CT molecular complexity index is 236. The zero-order valence-corrected chi connectivity index (χ0v) is 7.50. The van der Waals surface area contributed by atoms with Gasteiger partial charge in [-0.05, 0) is 18.6 Å². The number of Topliss-reactive ketones (excluding diaryl/α,β-unsaturated/α-hetero) is 1. The fraction of sp³-hybridized carbons (Fsp3) is 0.571. The Morgan fingerprint density at radius 2 is 2.45 bits per heavy atom. The molecule has 0 bridgehead atoms. The van der Waals surface area contributed by atoms with Gasteiger partial charge in [-0.3, -0.25) is 8.62 Å². The molecule has 0 saturated carbocycles. The van der Waals surface area contributed by atoms with E-state index < -0.39 is 0 Å². The number of epoxide rings is 1. The van der Waals surface area contributed by atoms with E-state index in [0.717, 1.165) is 5.57 Å². The summed E-state index contributed by atoms with van der Waals surface area (Å²) >= 11 is 2.89. The number of ether oxygens (including phenoxy) is 1. The Morgan fingerprint density at radius 1 is 1.73 bits per heavy atom. The summed E-state index contributed by atoms with van der Waals surface area (Å²) < 4.78 is 10.0. The van der Waals surface area contributed by atoms with Crippen LogP contribution >= 0.6 is 16.3 Å². The van der Waals surface area contributed by atoms with E-state index in [-0.39, 0.29) is 24.1 Å². The largest absolute Gasteiger partial charge is 0.358 e. The van der Waals surface area contributed by atoms with E-state index in [1.165, 1.54) is 0 Å².